The van der Waals surface area contributed by atoms with Crippen LogP contribution in [0.3, 0.4) is 0 Å². The number of hydrogen-bond donors (Lipinski definition) is 1. The van der Waals surface area contributed by atoms with Crippen LogP contribution in [0.15, 0.2) is 35.9 Å². The standard InChI is InChI=1S/C13H15NO/c1-10-7-8-12(14-10)13(15)9-11-5-3-2-4-6-11/h3,5-8,14H,2,4,9H2,1H3. The Morgan fingerprint density at radius 1 is 1.40 bits per heavy atom. The molecule has 0 unspecified atom stereocenters. The molecule has 2 heteroatoms. The summed E-state index contributed by atoms with van der Waals surface area (Å²) in [5.41, 5.74) is 2.89. The number of hydrogen-bond acceptors (Lipinski definition) is 1. The van der Waals surface area contributed by atoms with Gasteiger partial charge in [-0.15, -0.1) is 0 Å². The molecule has 0 radical (unpaired) electrons. The van der Waals surface area contributed by atoms with Crippen molar-refractivity contribution in [1.29, 1.82) is 0 Å². The first-order valence-corrected chi connectivity index (χ1v) is 5.30. The minimum atomic E-state index is 0.168. The van der Waals surface area contributed by atoms with Crippen molar-refractivity contribution in [3.05, 3.63) is 47.3 Å². The Kier molecular flexibility index (Phi) is 2.86. The van der Waals surface area contributed by atoms with Gasteiger partial charge in [-0.1, -0.05) is 18.2 Å². The van der Waals surface area contributed by atoms with Crippen LogP contribution in [-0.2, 0) is 0 Å². The molecular formula is C13H15NO. The summed E-state index contributed by atoms with van der Waals surface area (Å²) in [6, 6.07) is 3.78. The van der Waals surface area contributed by atoms with E-state index in [9.17, 15) is 4.79 Å². The van der Waals surface area contributed by atoms with E-state index in [-0.39, 0.29) is 5.78 Å². The van der Waals surface area contributed by atoms with E-state index in [1.807, 2.05) is 19.1 Å². The van der Waals surface area contributed by atoms with E-state index in [2.05, 4.69) is 23.2 Å². The molecule has 0 saturated heterocycles. The predicted octanol–water partition coefficient (Wildman–Crippen LogP) is 3.17. The maximum atomic E-state index is 11.8. The number of aromatic amines is 1. The second kappa shape index (κ2) is 4.30. The minimum Gasteiger partial charge on any atom is -0.356 e. The van der Waals surface area contributed by atoms with Gasteiger partial charge in [0, 0.05) is 12.1 Å². The van der Waals surface area contributed by atoms with Crippen molar-refractivity contribution in [2.24, 2.45) is 0 Å². The number of aryl methyl sites for hydroxylation is 1. The van der Waals surface area contributed by atoms with Gasteiger partial charge in [0.05, 0.1) is 5.69 Å². The summed E-state index contributed by atoms with van der Waals surface area (Å²) in [7, 11) is 0. The van der Waals surface area contributed by atoms with Crippen molar-refractivity contribution in [2.45, 2.75) is 26.2 Å². The van der Waals surface area contributed by atoms with Crippen LogP contribution in [0.4, 0.5) is 0 Å². The molecule has 1 aromatic rings. The molecule has 2 nitrogen and oxygen atoms in total. The van der Waals surface area contributed by atoms with Crippen LogP contribution >= 0.6 is 0 Å². The highest BCUT2D eigenvalue weighted by atomic mass is 16.1. The van der Waals surface area contributed by atoms with E-state index in [0.29, 0.717) is 12.1 Å². The highest BCUT2D eigenvalue weighted by Gasteiger charge is 2.09. The van der Waals surface area contributed by atoms with Crippen molar-refractivity contribution in [2.75, 3.05) is 0 Å². The van der Waals surface area contributed by atoms with Gasteiger partial charge in [-0.25, -0.2) is 0 Å². The molecule has 0 amide bonds. The van der Waals surface area contributed by atoms with Gasteiger partial charge in [0.2, 0.25) is 0 Å². The zero-order chi connectivity index (χ0) is 10.7. The molecule has 1 aliphatic rings. The molecule has 0 aromatic carbocycles. The van der Waals surface area contributed by atoms with Gasteiger partial charge in [-0.05, 0) is 37.5 Å². The van der Waals surface area contributed by atoms with Crippen LogP contribution in [0.2, 0.25) is 0 Å². The monoisotopic (exact) mass is 201 g/mol. The van der Waals surface area contributed by atoms with Crippen LogP contribution < -0.4 is 0 Å². The van der Waals surface area contributed by atoms with Crippen molar-refractivity contribution in [3.8, 4) is 0 Å². The van der Waals surface area contributed by atoms with Crippen LogP contribution in [-0.4, -0.2) is 10.8 Å². The number of ketones is 1. The molecule has 0 saturated carbocycles. The second-order valence-corrected chi connectivity index (χ2v) is 3.91. The Balaban J connectivity index is 2.03. The fourth-order valence-electron chi connectivity index (χ4n) is 1.75. The summed E-state index contributed by atoms with van der Waals surface area (Å²) < 4.78 is 0. The topological polar surface area (TPSA) is 32.9 Å². The average molecular weight is 201 g/mol. The van der Waals surface area contributed by atoms with Gasteiger partial charge in [0.1, 0.15) is 0 Å². The average Bonchev–Trinajstić information content (AvgIpc) is 2.66. The molecule has 1 aromatic heterocycles. The molecule has 1 aliphatic carbocycles. The number of Topliss-reactive ketones (excluding diaryl/α,β-unsaturated/α-hetero) is 1. The van der Waals surface area contributed by atoms with Gasteiger partial charge in [0.25, 0.3) is 0 Å². The van der Waals surface area contributed by atoms with E-state index in [1.165, 1.54) is 0 Å². The molecular weight excluding hydrogens is 186 g/mol. The summed E-state index contributed by atoms with van der Waals surface area (Å²) in [5, 5.41) is 0. The number of rotatable bonds is 3. The molecule has 2 rings (SSSR count). The molecule has 0 atom stereocenters. The lowest BCUT2D eigenvalue weighted by Crippen LogP contribution is -2.01. The minimum absolute atomic E-state index is 0.168. The molecule has 0 fully saturated rings. The summed E-state index contributed by atoms with van der Waals surface area (Å²) in [5.74, 6) is 0.168. The first-order valence-electron chi connectivity index (χ1n) is 5.30. The Hall–Kier alpha value is -1.57. The largest absolute Gasteiger partial charge is 0.356 e. The van der Waals surface area contributed by atoms with Gasteiger partial charge < -0.3 is 4.98 Å². The third kappa shape index (κ3) is 2.46. The number of carbonyl (C=O) groups is 1. The molecule has 0 aliphatic heterocycles. The van der Waals surface area contributed by atoms with Crippen LogP contribution in [0, 0.1) is 6.92 Å². The Bertz CT molecular complexity index is 423. The Labute approximate surface area is 89.7 Å². The smallest absolute Gasteiger partial charge is 0.183 e. The van der Waals surface area contributed by atoms with Crippen LogP contribution in [0.25, 0.3) is 0 Å². The van der Waals surface area contributed by atoms with Crippen molar-refractivity contribution >= 4 is 5.78 Å². The maximum Gasteiger partial charge on any atom is 0.183 e. The van der Waals surface area contributed by atoms with E-state index in [1.54, 1.807) is 0 Å². The normalized spacial score (nSPS) is 15.1. The molecule has 15 heavy (non-hydrogen) atoms. The first-order chi connectivity index (χ1) is 7.25. The van der Waals surface area contributed by atoms with E-state index in [0.717, 1.165) is 24.1 Å². The summed E-state index contributed by atoms with van der Waals surface area (Å²) in [4.78, 5) is 14.9. The highest BCUT2D eigenvalue weighted by Crippen LogP contribution is 2.15. The van der Waals surface area contributed by atoms with Gasteiger partial charge >= 0.3 is 0 Å². The molecule has 1 heterocycles. The number of nitrogens with one attached hydrogen (secondary N) is 1. The molecule has 1 N–H and O–H groups in total. The van der Waals surface area contributed by atoms with Crippen LogP contribution in [0.1, 0.15) is 35.4 Å². The third-order valence-corrected chi connectivity index (χ3v) is 2.57. The van der Waals surface area contributed by atoms with Gasteiger partial charge in [0.15, 0.2) is 5.78 Å². The highest BCUT2D eigenvalue weighted by molar-refractivity contribution is 5.96. The van der Waals surface area contributed by atoms with E-state index in [4.69, 9.17) is 0 Å². The zero-order valence-electron chi connectivity index (χ0n) is 8.92. The molecule has 0 spiro atoms. The number of H-pyrrole nitrogens is 1. The van der Waals surface area contributed by atoms with Crippen LogP contribution in [0.5, 0.6) is 0 Å². The second-order valence-electron chi connectivity index (χ2n) is 3.91. The zero-order valence-corrected chi connectivity index (χ0v) is 8.92. The van der Waals surface area contributed by atoms with E-state index < -0.39 is 0 Å². The molecule has 0 bridgehead atoms. The summed E-state index contributed by atoms with van der Waals surface area (Å²) in [6.07, 6.45) is 8.99. The first kappa shape index (κ1) is 9.97. The quantitative estimate of drug-likeness (QED) is 0.748. The van der Waals surface area contributed by atoms with Gasteiger partial charge in [-0.2, -0.15) is 0 Å². The summed E-state index contributed by atoms with van der Waals surface area (Å²) in [6.45, 7) is 1.95. The fourth-order valence-corrected chi connectivity index (χ4v) is 1.75. The lowest BCUT2D eigenvalue weighted by Gasteiger charge is -2.04. The van der Waals surface area contributed by atoms with Crippen molar-refractivity contribution in [1.82, 2.24) is 4.98 Å². The number of carbonyl (C=O) groups excluding carboxylic acids is 1. The predicted molar refractivity (Wildman–Crippen MR) is 60.9 cm³/mol. The van der Waals surface area contributed by atoms with Crippen molar-refractivity contribution in [3.63, 3.8) is 0 Å². The summed E-state index contributed by atoms with van der Waals surface area (Å²) >= 11 is 0. The SMILES string of the molecule is Cc1ccc(C(=O)CC2=CCCC=C2)[nH]1. The van der Waals surface area contributed by atoms with E-state index >= 15 is 0 Å². The third-order valence-electron chi connectivity index (χ3n) is 2.57. The lowest BCUT2D eigenvalue weighted by atomic mass is 10.0. The molecule has 78 valence electrons. The number of aromatic nitrogens is 1. The van der Waals surface area contributed by atoms with Gasteiger partial charge in [-0.3, -0.25) is 4.79 Å². The number of allylic oxidation sites excluding steroid dienone is 4. The Morgan fingerprint density at radius 3 is 2.87 bits per heavy atom. The van der Waals surface area contributed by atoms with Crippen molar-refractivity contribution < 1.29 is 4.79 Å². The fraction of sp³-hybridized carbons (Fsp3) is 0.308. The maximum absolute atomic E-state index is 11.8. The Morgan fingerprint density at radius 2 is 2.27 bits per heavy atom. The lowest BCUT2D eigenvalue weighted by molar-refractivity contribution is 0.0989.